The van der Waals surface area contributed by atoms with Crippen LogP contribution in [0.5, 0.6) is 0 Å². The Kier molecular flexibility index (Phi) is 6.49. The van der Waals surface area contributed by atoms with Gasteiger partial charge in [0, 0.05) is 19.8 Å². The van der Waals surface area contributed by atoms with Gasteiger partial charge in [-0.25, -0.2) is 0 Å². The van der Waals surface area contributed by atoms with Crippen LogP contribution in [0.25, 0.3) is 0 Å². The van der Waals surface area contributed by atoms with Crippen LogP contribution in [-0.2, 0) is 17.3 Å². The fourth-order valence-corrected chi connectivity index (χ4v) is 2.30. The Balaban J connectivity index is 2.70. The van der Waals surface area contributed by atoms with Gasteiger partial charge in [0.05, 0.1) is 5.56 Å². The van der Waals surface area contributed by atoms with E-state index in [2.05, 4.69) is 12.2 Å². The average Bonchev–Trinajstić information content (AvgIpc) is 2.37. The lowest BCUT2D eigenvalue weighted by Crippen LogP contribution is -2.30. The molecule has 1 N–H and O–H groups in total. The smallest absolute Gasteiger partial charge is 0.384 e. The molecule has 0 aliphatic heterocycles. The van der Waals surface area contributed by atoms with Crippen molar-refractivity contribution in [2.24, 2.45) is 5.92 Å². The standard InChI is InChI=1S/C15H22F3NO/c1-11(10-20-3)7-14(19-2)9-12-5-4-6-13(8-12)15(16,17)18/h4-6,8,11,14,19H,7,9-10H2,1-3H3. The number of methoxy groups -OCH3 is 1. The van der Waals surface area contributed by atoms with Gasteiger partial charge in [0.1, 0.15) is 0 Å². The van der Waals surface area contributed by atoms with Crippen molar-refractivity contribution in [3.8, 4) is 0 Å². The van der Waals surface area contributed by atoms with Gasteiger partial charge in [0.2, 0.25) is 0 Å². The lowest BCUT2D eigenvalue weighted by Gasteiger charge is -2.20. The Labute approximate surface area is 118 Å². The highest BCUT2D eigenvalue weighted by atomic mass is 19.4. The van der Waals surface area contributed by atoms with Crippen molar-refractivity contribution in [3.05, 3.63) is 35.4 Å². The van der Waals surface area contributed by atoms with E-state index < -0.39 is 11.7 Å². The summed E-state index contributed by atoms with van der Waals surface area (Å²) in [5.41, 5.74) is 0.110. The van der Waals surface area contributed by atoms with Gasteiger partial charge < -0.3 is 10.1 Å². The Hall–Kier alpha value is -1.07. The molecule has 0 aliphatic carbocycles. The number of hydrogen-bond acceptors (Lipinski definition) is 2. The van der Waals surface area contributed by atoms with Crippen LogP contribution >= 0.6 is 0 Å². The number of rotatable bonds is 7. The van der Waals surface area contributed by atoms with Crippen molar-refractivity contribution >= 4 is 0 Å². The van der Waals surface area contributed by atoms with Crippen LogP contribution in [0, 0.1) is 5.92 Å². The molecule has 0 saturated heterocycles. The molecular weight excluding hydrogens is 267 g/mol. The largest absolute Gasteiger partial charge is 0.416 e. The summed E-state index contributed by atoms with van der Waals surface area (Å²) in [7, 11) is 3.48. The van der Waals surface area contributed by atoms with Crippen molar-refractivity contribution < 1.29 is 17.9 Å². The van der Waals surface area contributed by atoms with Crippen molar-refractivity contribution in [2.75, 3.05) is 20.8 Å². The molecule has 2 unspecified atom stereocenters. The average molecular weight is 289 g/mol. The van der Waals surface area contributed by atoms with Crippen LogP contribution in [0.4, 0.5) is 13.2 Å². The number of hydrogen-bond donors (Lipinski definition) is 1. The molecule has 0 spiro atoms. The first kappa shape index (κ1) is 17.0. The zero-order valence-electron chi connectivity index (χ0n) is 12.1. The van der Waals surface area contributed by atoms with Gasteiger partial charge in [-0.1, -0.05) is 25.1 Å². The number of halogens is 3. The van der Waals surface area contributed by atoms with E-state index in [9.17, 15) is 13.2 Å². The van der Waals surface area contributed by atoms with Gasteiger partial charge >= 0.3 is 6.18 Å². The first-order valence-corrected chi connectivity index (χ1v) is 6.69. The Bertz CT molecular complexity index is 406. The summed E-state index contributed by atoms with van der Waals surface area (Å²) >= 11 is 0. The van der Waals surface area contributed by atoms with Crippen LogP contribution in [0.3, 0.4) is 0 Å². The summed E-state index contributed by atoms with van der Waals surface area (Å²) in [6.07, 6.45) is -2.84. The number of benzene rings is 1. The van der Waals surface area contributed by atoms with Crippen LogP contribution < -0.4 is 5.32 Å². The van der Waals surface area contributed by atoms with Crippen molar-refractivity contribution in [2.45, 2.75) is 32.0 Å². The minimum absolute atomic E-state index is 0.142. The third-order valence-corrected chi connectivity index (χ3v) is 3.28. The van der Waals surface area contributed by atoms with Gasteiger partial charge in [-0.2, -0.15) is 13.2 Å². The summed E-state index contributed by atoms with van der Waals surface area (Å²) in [6.45, 7) is 2.72. The third-order valence-electron chi connectivity index (χ3n) is 3.28. The topological polar surface area (TPSA) is 21.3 Å². The van der Waals surface area contributed by atoms with Gasteiger partial charge in [-0.3, -0.25) is 0 Å². The second-order valence-corrected chi connectivity index (χ2v) is 5.18. The van der Waals surface area contributed by atoms with E-state index in [1.165, 1.54) is 12.1 Å². The maximum absolute atomic E-state index is 12.7. The maximum atomic E-state index is 12.7. The molecule has 0 bridgehead atoms. The molecule has 1 rings (SSSR count). The van der Waals surface area contributed by atoms with E-state index in [1.807, 2.05) is 7.05 Å². The first-order chi connectivity index (χ1) is 9.36. The van der Waals surface area contributed by atoms with Gasteiger partial charge in [-0.15, -0.1) is 0 Å². The Morgan fingerprint density at radius 3 is 2.55 bits per heavy atom. The van der Waals surface area contributed by atoms with Crippen LogP contribution in [0.1, 0.15) is 24.5 Å². The summed E-state index contributed by atoms with van der Waals surface area (Å²) in [6, 6.07) is 5.67. The van der Waals surface area contributed by atoms with Gasteiger partial charge in [-0.05, 0) is 37.4 Å². The molecule has 20 heavy (non-hydrogen) atoms. The van der Waals surface area contributed by atoms with Gasteiger partial charge in [0.15, 0.2) is 0 Å². The van der Waals surface area contributed by atoms with Gasteiger partial charge in [0.25, 0.3) is 0 Å². The molecule has 0 radical (unpaired) electrons. The molecule has 1 aromatic carbocycles. The zero-order chi connectivity index (χ0) is 15.2. The molecule has 0 fully saturated rings. The molecule has 0 amide bonds. The number of alkyl halides is 3. The van der Waals surface area contributed by atoms with Crippen molar-refractivity contribution in [3.63, 3.8) is 0 Å². The van der Waals surface area contributed by atoms with E-state index in [1.54, 1.807) is 13.2 Å². The summed E-state index contributed by atoms with van der Waals surface area (Å²) in [5.74, 6) is 0.364. The van der Waals surface area contributed by atoms with Crippen LogP contribution in [-0.4, -0.2) is 26.8 Å². The number of likely N-dealkylation sites (N-methyl/N-ethyl adjacent to an activating group) is 1. The van der Waals surface area contributed by atoms with E-state index in [4.69, 9.17) is 4.74 Å². The highest BCUT2D eigenvalue weighted by molar-refractivity contribution is 5.26. The minimum atomic E-state index is -4.28. The van der Waals surface area contributed by atoms with Crippen LogP contribution in [0.2, 0.25) is 0 Å². The SMILES string of the molecule is CNC(Cc1cccc(C(F)(F)F)c1)CC(C)COC. The number of ether oxygens (including phenoxy) is 1. The molecule has 0 saturated carbocycles. The normalized spacial score (nSPS) is 15.1. The van der Waals surface area contributed by atoms with E-state index >= 15 is 0 Å². The summed E-state index contributed by atoms with van der Waals surface area (Å²) in [4.78, 5) is 0. The second kappa shape index (κ2) is 7.64. The Morgan fingerprint density at radius 1 is 1.30 bits per heavy atom. The highest BCUT2D eigenvalue weighted by Crippen LogP contribution is 2.29. The van der Waals surface area contributed by atoms with E-state index in [0.29, 0.717) is 24.5 Å². The summed E-state index contributed by atoms with van der Waals surface area (Å²) < 4.78 is 43.1. The minimum Gasteiger partial charge on any atom is -0.384 e. The fourth-order valence-electron chi connectivity index (χ4n) is 2.30. The van der Waals surface area contributed by atoms with Crippen molar-refractivity contribution in [1.82, 2.24) is 5.32 Å². The molecule has 0 aromatic heterocycles. The lowest BCUT2D eigenvalue weighted by molar-refractivity contribution is -0.137. The van der Waals surface area contributed by atoms with Crippen molar-refractivity contribution in [1.29, 1.82) is 0 Å². The molecule has 5 heteroatoms. The molecule has 114 valence electrons. The molecule has 0 aliphatic rings. The molecular formula is C15H22F3NO. The fraction of sp³-hybridized carbons (Fsp3) is 0.600. The molecule has 0 heterocycles. The third kappa shape index (κ3) is 5.51. The van der Waals surface area contributed by atoms with E-state index in [-0.39, 0.29) is 6.04 Å². The quantitative estimate of drug-likeness (QED) is 0.829. The lowest BCUT2D eigenvalue weighted by atomic mass is 9.96. The predicted octanol–water partition coefficient (Wildman–Crippen LogP) is 3.51. The first-order valence-electron chi connectivity index (χ1n) is 6.69. The van der Waals surface area contributed by atoms with Crippen LogP contribution in [0.15, 0.2) is 24.3 Å². The second-order valence-electron chi connectivity index (χ2n) is 5.18. The molecule has 2 nitrogen and oxygen atoms in total. The highest BCUT2D eigenvalue weighted by Gasteiger charge is 2.30. The maximum Gasteiger partial charge on any atom is 0.416 e. The predicted molar refractivity (Wildman–Crippen MR) is 73.7 cm³/mol. The molecule has 2 atom stereocenters. The Morgan fingerprint density at radius 2 is 2.00 bits per heavy atom. The zero-order valence-corrected chi connectivity index (χ0v) is 12.1. The van der Waals surface area contributed by atoms with E-state index in [0.717, 1.165) is 12.5 Å². The monoisotopic (exact) mass is 289 g/mol. The number of nitrogens with one attached hydrogen (secondary N) is 1. The summed E-state index contributed by atoms with van der Waals surface area (Å²) in [5, 5.41) is 3.16. The molecule has 1 aromatic rings.